The number of ether oxygens (including phenoxy) is 1. The van der Waals surface area contributed by atoms with Gasteiger partial charge in [0.1, 0.15) is 23.8 Å². The van der Waals surface area contributed by atoms with Crippen molar-refractivity contribution in [2.75, 3.05) is 26.1 Å². The van der Waals surface area contributed by atoms with E-state index in [0.717, 1.165) is 22.4 Å². The summed E-state index contributed by atoms with van der Waals surface area (Å²) in [4.78, 5) is 29.2. The normalized spacial score (nSPS) is 12.4. The Bertz CT molecular complexity index is 1020. The maximum atomic E-state index is 13.7. The highest BCUT2D eigenvalue weighted by Crippen LogP contribution is 2.38. The van der Waals surface area contributed by atoms with E-state index >= 15 is 0 Å². The first-order chi connectivity index (χ1) is 15.5. The standard InChI is InChI=1S/C25H31FN2O5/c1-15(2)24-21(14-33-5)23(16-6-8-17(26)9-7-16)20(25(27-24)28(3)4)11-10-18(29)12-19(30)13-22(31)32/h6-11,15,18,29H,12-14H2,1-5H3,(H,31,32)/b11-10+. The lowest BCUT2D eigenvalue weighted by atomic mass is 9.90. The smallest absolute Gasteiger partial charge is 0.310 e. The highest BCUT2D eigenvalue weighted by molar-refractivity contribution is 5.95. The molecule has 0 fully saturated rings. The molecule has 0 aliphatic rings. The maximum Gasteiger partial charge on any atom is 0.310 e. The third-order valence-corrected chi connectivity index (χ3v) is 5.01. The summed E-state index contributed by atoms with van der Waals surface area (Å²) in [5.74, 6) is -1.44. The van der Waals surface area contributed by atoms with Gasteiger partial charge in [0.25, 0.3) is 0 Å². The second-order valence-corrected chi connectivity index (χ2v) is 8.32. The summed E-state index contributed by atoms with van der Waals surface area (Å²) in [7, 11) is 5.29. The van der Waals surface area contributed by atoms with Crippen LogP contribution in [0.4, 0.5) is 10.2 Å². The summed E-state index contributed by atoms with van der Waals surface area (Å²) in [6, 6.07) is 6.11. The highest BCUT2D eigenvalue weighted by Gasteiger charge is 2.23. The Morgan fingerprint density at radius 3 is 2.36 bits per heavy atom. The van der Waals surface area contributed by atoms with E-state index < -0.39 is 24.3 Å². The number of aliphatic carboxylic acids is 1. The summed E-state index contributed by atoms with van der Waals surface area (Å²) in [5, 5.41) is 19.1. The fourth-order valence-electron chi connectivity index (χ4n) is 3.61. The second kappa shape index (κ2) is 11.7. The minimum Gasteiger partial charge on any atom is -0.481 e. The van der Waals surface area contributed by atoms with Gasteiger partial charge in [0, 0.05) is 38.8 Å². The highest BCUT2D eigenvalue weighted by atomic mass is 19.1. The average Bonchev–Trinajstić information content (AvgIpc) is 2.72. The number of methoxy groups -OCH3 is 1. The van der Waals surface area contributed by atoms with E-state index in [0.29, 0.717) is 11.4 Å². The fourth-order valence-corrected chi connectivity index (χ4v) is 3.61. The molecule has 8 heteroatoms. The van der Waals surface area contributed by atoms with E-state index in [9.17, 15) is 19.1 Å². The van der Waals surface area contributed by atoms with Gasteiger partial charge in [-0.05, 0) is 29.2 Å². The molecule has 0 aliphatic carbocycles. The van der Waals surface area contributed by atoms with Crippen LogP contribution in [-0.4, -0.2) is 54.3 Å². The van der Waals surface area contributed by atoms with Crippen LogP contribution in [0.3, 0.4) is 0 Å². The number of ketones is 1. The minimum atomic E-state index is -1.23. The number of pyridine rings is 1. The van der Waals surface area contributed by atoms with Crippen molar-refractivity contribution in [1.82, 2.24) is 4.98 Å². The van der Waals surface area contributed by atoms with Crippen LogP contribution in [0, 0.1) is 5.82 Å². The van der Waals surface area contributed by atoms with Gasteiger partial charge >= 0.3 is 5.97 Å². The van der Waals surface area contributed by atoms with Gasteiger partial charge < -0.3 is 19.8 Å². The van der Waals surface area contributed by atoms with Crippen molar-refractivity contribution in [1.29, 1.82) is 0 Å². The molecule has 1 heterocycles. The molecule has 0 saturated carbocycles. The van der Waals surface area contributed by atoms with Crippen LogP contribution in [0.2, 0.25) is 0 Å². The summed E-state index contributed by atoms with van der Waals surface area (Å²) >= 11 is 0. The maximum absolute atomic E-state index is 13.7. The van der Waals surface area contributed by atoms with Crippen LogP contribution in [-0.2, 0) is 20.9 Å². The van der Waals surface area contributed by atoms with Crippen LogP contribution in [0.5, 0.6) is 0 Å². The Morgan fingerprint density at radius 2 is 1.85 bits per heavy atom. The predicted octanol–water partition coefficient (Wildman–Crippen LogP) is 4.03. The van der Waals surface area contributed by atoms with Crippen molar-refractivity contribution in [2.24, 2.45) is 0 Å². The molecular formula is C25H31FN2O5. The van der Waals surface area contributed by atoms with E-state index in [1.807, 2.05) is 32.8 Å². The van der Waals surface area contributed by atoms with E-state index in [-0.39, 0.29) is 24.8 Å². The Balaban J connectivity index is 2.70. The van der Waals surface area contributed by atoms with Crippen molar-refractivity contribution in [3.63, 3.8) is 0 Å². The van der Waals surface area contributed by atoms with Crippen LogP contribution in [0.15, 0.2) is 30.3 Å². The van der Waals surface area contributed by atoms with Crippen molar-refractivity contribution in [3.05, 3.63) is 53.0 Å². The van der Waals surface area contributed by atoms with E-state index in [2.05, 4.69) is 0 Å². The molecule has 2 aromatic rings. The zero-order valence-electron chi connectivity index (χ0n) is 19.6. The quantitative estimate of drug-likeness (QED) is 0.490. The summed E-state index contributed by atoms with van der Waals surface area (Å²) in [5.41, 5.74) is 3.91. The first kappa shape index (κ1) is 26.2. The van der Waals surface area contributed by atoms with Crippen molar-refractivity contribution < 1.29 is 28.9 Å². The molecule has 7 nitrogen and oxygen atoms in total. The van der Waals surface area contributed by atoms with Crippen LogP contribution in [0.1, 0.15) is 49.4 Å². The topological polar surface area (TPSA) is 100.0 Å². The zero-order chi connectivity index (χ0) is 24.7. The van der Waals surface area contributed by atoms with Crippen LogP contribution < -0.4 is 4.90 Å². The van der Waals surface area contributed by atoms with Gasteiger partial charge in [0.15, 0.2) is 0 Å². The molecule has 0 bridgehead atoms. The van der Waals surface area contributed by atoms with Gasteiger partial charge in [-0.15, -0.1) is 0 Å². The number of rotatable bonds is 11. The van der Waals surface area contributed by atoms with Crippen LogP contribution >= 0.6 is 0 Å². The molecule has 0 spiro atoms. The number of carbonyl (C=O) groups is 2. The van der Waals surface area contributed by atoms with Gasteiger partial charge in [-0.2, -0.15) is 0 Å². The van der Waals surface area contributed by atoms with Gasteiger partial charge in [0.05, 0.1) is 18.4 Å². The molecular weight excluding hydrogens is 427 g/mol. The van der Waals surface area contributed by atoms with E-state index in [1.165, 1.54) is 18.2 Å². The number of aromatic nitrogens is 1. The average molecular weight is 459 g/mol. The lowest BCUT2D eigenvalue weighted by Gasteiger charge is -2.25. The molecule has 178 valence electrons. The fraction of sp³-hybridized carbons (Fsp3) is 0.400. The Labute approximate surface area is 193 Å². The van der Waals surface area contributed by atoms with E-state index in [4.69, 9.17) is 14.8 Å². The second-order valence-electron chi connectivity index (χ2n) is 8.32. The molecule has 33 heavy (non-hydrogen) atoms. The Morgan fingerprint density at radius 1 is 1.21 bits per heavy atom. The SMILES string of the molecule is COCc1c(C(C)C)nc(N(C)C)c(/C=C/C(O)CC(=O)CC(=O)O)c1-c1ccc(F)cc1. The van der Waals surface area contributed by atoms with Crippen molar-refractivity contribution in [3.8, 4) is 11.1 Å². The summed E-state index contributed by atoms with van der Waals surface area (Å²) in [6.45, 7) is 4.34. The summed E-state index contributed by atoms with van der Waals surface area (Å²) in [6.07, 6.45) is 1.00. The number of benzene rings is 1. The molecule has 2 N–H and O–H groups in total. The molecule has 0 amide bonds. The third kappa shape index (κ3) is 6.94. The first-order valence-electron chi connectivity index (χ1n) is 10.6. The molecule has 0 aliphatic heterocycles. The number of anilines is 1. The number of hydrogen-bond donors (Lipinski definition) is 2. The van der Waals surface area contributed by atoms with Gasteiger partial charge in [-0.3, -0.25) is 9.59 Å². The lowest BCUT2D eigenvalue weighted by molar-refractivity contribution is -0.140. The number of hydrogen-bond acceptors (Lipinski definition) is 6. The lowest BCUT2D eigenvalue weighted by Crippen LogP contribution is -2.17. The molecule has 2 rings (SSSR count). The monoisotopic (exact) mass is 458 g/mol. The predicted molar refractivity (Wildman–Crippen MR) is 126 cm³/mol. The third-order valence-electron chi connectivity index (χ3n) is 5.01. The van der Waals surface area contributed by atoms with E-state index in [1.54, 1.807) is 25.3 Å². The Kier molecular flexibility index (Phi) is 9.25. The number of carbonyl (C=O) groups excluding carboxylic acids is 1. The number of halogens is 1. The molecule has 0 radical (unpaired) electrons. The minimum absolute atomic E-state index is 0.0882. The van der Waals surface area contributed by atoms with Gasteiger partial charge in [-0.1, -0.05) is 38.1 Å². The van der Waals surface area contributed by atoms with Gasteiger partial charge in [-0.25, -0.2) is 9.37 Å². The number of Topliss-reactive ketones (excluding diaryl/α,β-unsaturated/α-hetero) is 1. The van der Waals surface area contributed by atoms with Gasteiger partial charge in [0.2, 0.25) is 0 Å². The number of carboxylic acid groups (broad SMARTS) is 1. The molecule has 1 aromatic heterocycles. The Hall–Kier alpha value is -3.10. The number of carboxylic acids is 1. The first-order valence-corrected chi connectivity index (χ1v) is 10.6. The number of nitrogens with zero attached hydrogens (tertiary/aromatic N) is 2. The number of aliphatic hydroxyl groups is 1. The summed E-state index contributed by atoms with van der Waals surface area (Å²) < 4.78 is 19.1. The number of aliphatic hydroxyl groups excluding tert-OH is 1. The molecule has 1 atom stereocenters. The largest absolute Gasteiger partial charge is 0.481 e. The zero-order valence-corrected chi connectivity index (χ0v) is 19.6. The van der Waals surface area contributed by atoms with Crippen molar-refractivity contribution in [2.45, 2.75) is 45.3 Å². The van der Waals surface area contributed by atoms with Crippen molar-refractivity contribution >= 4 is 23.6 Å². The molecule has 1 unspecified atom stereocenters. The molecule has 0 saturated heterocycles. The molecule has 1 aromatic carbocycles. The van der Waals surface area contributed by atoms with Crippen LogP contribution in [0.25, 0.3) is 17.2 Å².